The van der Waals surface area contributed by atoms with Crippen molar-refractivity contribution < 1.29 is 9.59 Å². The second-order valence-corrected chi connectivity index (χ2v) is 7.32. The molecule has 2 N–H and O–H groups in total. The van der Waals surface area contributed by atoms with Crippen LogP contribution in [0.4, 0.5) is 0 Å². The Morgan fingerprint density at radius 1 is 1.40 bits per heavy atom. The number of primary amides is 1. The molecule has 0 unspecified atom stereocenters. The minimum Gasteiger partial charge on any atom is -0.369 e. The van der Waals surface area contributed by atoms with Crippen LogP contribution in [-0.4, -0.2) is 34.8 Å². The van der Waals surface area contributed by atoms with Crippen LogP contribution in [0.2, 0.25) is 0 Å². The van der Waals surface area contributed by atoms with E-state index in [9.17, 15) is 9.59 Å². The fraction of sp³-hybridized carbons (Fsp3) is 0.643. The Hall–Kier alpha value is -1.43. The first-order valence-corrected chi connectivity index (χ1v) is 7.58. The summed E-state index contributed by atoms with van der Waals surface area (Å²) in [7, 11) is 0. The highest BCUT2D eigenvalue weighted by Crippen LogP contribution is 2.30. The second-order valence-electron chi connectivity index (χ2n) is 6.32. The van der Waals surface area contributed by atoms with Gasteiger partial charge in [-0.25, -0.2) is 4.98 Å². The van der Waals surface area contributed by atoms with Crippen molar-refractivity contribution in [3.63, 3.8) is 0 Å². The van der Waals surface area contributed by atoms with E-state index in [-0.39, 0.29) is 23.1 Å². The molecule has 1 atom stereocenters. The molecule has 0 radical (unpaired) electrons. The van der Waals surface area contributed by atoms with Crippen LogP contribution in [0, 0.1) is 12.8 Å². The molecule has 0 aromatic carbocycles. The normalized spacial score (nSPS) is 19.4. The van der Waals surface area contributed by atoms with Gasteiger partial charge in [-0.15, -0.1) is 11.3 Å². The van der Waals surface area contributed by atoms with Crippen molar-refractivity contribution in [2.75, 3.05) is 13.1 Å². The standard InChI is InChI=1S/C14H21N3O2S/c1-8-10(20-13(16-8)14(2,3)4)12(19)17-6-5-9(7-17)11(15)18/h9H,5-7H2,1-4H3,(H2,15,18)/t9-/m1/s1. The van der Waals surface area contributed by atoms with Crippen molar-refractivity contribution in [3.05, 3.63) is 15.6 Å². The third-order valence-electron chi connectivity index (χ3n) is 3.51. The first-order valence-electron chi connectivity index (χ1n) is 6.76. The van der Waals surface area contributed by atoms with E-state index in [4.69, 9.17) is 5.73 Å². The van der Waals surface area contributed by atoms with E-state index in [2.05, 4.69) is 25.8 Å². The Balaban J connectivity index is 2.18. The first kappa shape index (κ1) is 15.0. The van der Waals surface area contributed by atoms with E-state index in [0.717, 1.165) is 10.7 Å². The lowest BCUT2D eigenvalue weighted by Gasteiger charge is -2.15. The number of carbonyl (C=O) groups excluding carboxylic acids is 2. The van der Waals surface area contributed by atoms with Crippen LogP contribution in [0.5, 0.6) is 0 Å². The fourth-order valence-corrected chi connectivity index (χ4v) is 3.33. The Morgan fingerprint density at radius 3 is 2.50 bits per heavy atom. The summed E-state index contributed by atoms with van der Waals surface area (Å²) < 4.78 is 0. The molecule has 1 aromatic rings. The number of carbonyl (C=O) groups is 2. The molecule has 0 bridgehead atoms. The van der Waals surface area contributed by atoms with Crippen LogP contribution >= 0.6 is 11.3 Å². The molecule has 1 aromatic heterocycles. The molecular weight excluding hydrogens is 274 g/mol. The average Bonchev–Trinajstić information content (AvgIpc) is 2.93. The topological polar surface area (TPSA) is 76.3 Å². The minimum absolute atomic E-state index is 0.0285. The highest BCUT2D eigenvalue weighted by atomic mass is 32.1. The number of likely N-dealkylation sites (tertiary alicyclic amines) is 1. The SMILES string of the molecule is Cc1nc(C(C)(C)C)sc1C(=O)N1CC[C@@H](C(N)=O)C1. The third-order valence-corrected chi connectivity index (χ3v) is 5.08. The smallest absolute Gasteiger partial charge is 0.265 e. The molecule has 1 aliphatic rings. The van der Waals surface area contributed by atoms with Gasteiger partial charge in [0.05, 0.1) is 16.6 Å². The highest BCUT2D eigenvalue weighted by Gasteiger charge is 2.32. The van der Waals surface area contributed by atoms with Crippen molar-refractivity contribution in [3.8, 4) is 0 Å². The van der Waals surface area contributed by atoms with Crippen LogP contribution in [0.3, 0.4) is 0 Å². The molecule has 1 saturated heterocycles. The molecular formula is C14H21N3O2S. The molecule has 20 heavy (non-hydrogen) atoms. The minimum atomic E-state index is -0.322. The maximum absolute atomic E-state index is 12.5. The van der Waals surface area contributed by atoms with Gasteiger partial charge < -0.3 is 10.6 Å². The molecule has 0 spiro atoms. The largest absolute Gasteiger partial charge is 0.369 e. The lowest BCUT2D eigenvalue weighted by atomic mass is 9.98. The van der Waals surface area contributed by atoms with E-state index < -0.39 is 0 Å². The van der Waals surface area contributed by atoms with E-state index in [1.54, 1.807) is 4.90 Å². The lowest BCUT2D eigenvalue weighted by Crippen LogP contribution is -2.31. The molecule has 0 aliphatic carbocycles. The molecule has 2 rings (SSSR count). The van der Waals surface area contributed by atoms with Crippen LogP contribution < -0.4 is 5.73 Å². The number of hydrogen-bond acceptors (Lipinski definition) is 4. The van der Waals surface area contributed by atoms with Crippen molar-refractivity contribution in [2.24, 2.45) is 11.7 Å². The highest BCUT2D eigenvalue weighted by molar-refractivity contribution is 7.14. The molecule has 5 nitrogen and oxygen atoms in total. The van der Waals surface area contributed by atoms with E-state index in [0.29, 0.717) is 24.4 Å². The summed E-state index contributed by atoms with van der Waals surface area (Å²) in [6.45, 7) is 9.13. The van der Waals surface area contributed by atoms with Gasteiger partial charge in [-0.3, -0.25) is 9.59 Å². The zero-order chi connectivity index (χ0) is 15.1. The Labute approximate surface area is 123 Å². The average molecular weight is 295 g/mol. The van der Waals surface area contributed by atoms with Crippen molar-refractivity contribution >= 4 is 23.2 Å². The van der Waals surface area contributed by atoms with E-state index in [1.807, 2.05) is 6.92 Å². The summed E-state index contributed by atoms with van der Waals surface area (Å²) in [5.74, 6) is -0.565. The molecule has 2 heterocycles. The number of thiazole rings is 1. The predicted octanol–water partition coefficient (Wildman–Crippen LogP) is 1.70. The molecule has 110 valence electrons. The maximum atomic E-state index is 12.5. The summed E-state index contributed by atoms with van der Waals surface area (Å²) >= 11 is 1.45. The summed E-state index contributed by atoms with van der Waals surface area (Å²) in [5.41, 5.74) is 6.01. The van der Waals surface area contributed by atoms with Crippen molar-refractivity contribution in [1.82, 2.24) is 9.88 Å². The Bertz CT molecular complexity index is 545. The first-order chi connectivity index (χ1) is 9.20. The van der Waals surface area contributed by atoms with Crippen LogP contribution in [0.15, 0.2) is 0 Å². The number of hydrogen-bond donors (Lipinski definition) is 1. The second kappa shape index (κ2) is 5.16. The summed E-state index contributed by atoms with van der Waals surface area (Å²) in [4.78, 5) is 30.6. The van der Waals surface area contributed by atoms with Gasteiger partial charge >= 0.3 is 0 Å². The molecule has 1 fully saturated rings. The summed E-state index contributed by atoms with van der Waals surface area (Å²) in [6.07, 6.45) is 0.658. The quantitative estimate of drug-likeness (QED) is 0.902. The van der Waals surface area contributed by atoms with E-state index in [1.165, 1.54) is 11.3 Å². The Kier molecular flexibility index (Phi) is 3.86. The van der Waals surface area contributed by atoms with Crippen molar-refractivity contribution in [2.45, 2.75) is 39.5 Å². The number of amides is 2. The fourth-order valence-electron chi connectivity index (χ4n) is 2.24. The summed E-state index contributed by atoms with van der Waals surface area (Å²) in [6, 6.07) is 0. The van der Waals surface area contributed by atoms with Gasteiger partial charge in [0.15, 0.2) is 0 Å². The number of rotatable bonds is 2. The van der Waals surface area contributed by atoms with Gasteiger partial charge in [-0.1, -0.05) is 20.8 Å². The van der Waals surface area contributed by atoms with Gasteiger partial charge in [-0.05, 0) is 13.3 Å². The van der Waals surface area contributed by atoms with Gasteiger partial charge in [-0.2, -0.15) is 0 Å². The molecule has 2 amide bonds. The van der Waals surface area contributed by atoms with Gasteiger partial charge in [0.2, 0.25) is 5.91 Å². The van der Waals surface area contributed by atoms with Crippen LogP contribution in [0.1, 0.15) is 47.6 Å². The molecule has 6 heteroatoms. The molecule has 0 saturated carbocycles. The number of nitrogens with two attached hydrogens (primary N) is 1. The Morgan fingerprint density at radius 2 is 2.05 bits per heavy atom. The zero-order valence-corrected chi connectivity index (χ0v) is 13.2. The van der Waals surface area contributed by atoms with Gasteiger partial charge in [0.1, 0.15) is 4.88 Å². The number of aromatic nitrogens is 1. The summed E-state index contributed by atoms with van der Waals surface area (Å²) in [5, 5.41) is 0.962. The lowest BCUT2D eigenvalue weighted by molar-refractivity contribution is -0.121. The molecule has 1 aliphatic heterocycles. The number of aryl methyl sites for hydroxylation is 1. The monoisotopic (exact) mass is 295 g/mol. The zero-order valence-electron chi connectivity index (χ0n) is 12.4. The van der Waals surface area contributed by atoms with Crippen LogP contribution in [0.25, 0.3) is 0 Å². The predicted molar refractivity (Wildman–Crippen MR) is 78.8 cm³/mol. The van der Waals surface area contributed by atoms with E-state index >= 15 is 0 Å². The van der Waals surface area contributed by atoms with Gasteiger partial charge in [0, 0.05) is 18.5 Å². The van der Waals surface area contributed by atoms with Crippen molar-refractivity contribution in [1.29, 1.82) is 0 Å². The third kappa shape index (κ3) is 2.85. The van der Waals surface area contributed by atoms with Crippen LogP contribution in [-0.2, 0) is 10.2 Å². The van der Waals surface area contributed by atoms with Gasteiger partial charge in [0.25, 0.3) is 5.91 Å². The maximum Gasteiger partial charge on any atom is 0.265 e. The number of nitrogens with zero attached hydrogens (tertiary/aromatic N) is 2.